The summed E-state index contributed by atoms with van der Waals surface area (Å²) in [6, 6.07) is 0. The summed E-state index contributed by atoms with van der Waals surface area (Å²) in [7, 11) is 0. The van der Waals surface area contributed by atoms with Gasteiger partial charge in [0.15, 0.2) is 0 Å². The Morgan fingerprint density at radius 3 is 2.78 bits per heavy atom. The summed E-state index contributed by atoms with van der Waals surface area (Å²) in [5, 5.41) is 6.98. The van der Waals surface area contributed by atoms with Gasteiger partial charge in [0.25, 0.3) is 5.56 Å². The Hall–Kier alpha value is -2.12. The van der Waals surface area contributed by atoms with E-state index < -0.39 is 5.56 Å². The van der Waals surface area contributed by atoms with E-state index in [1.54, 1.807) is 0 Å². The number of nitrogens with one attached hydrogen (secondary N) is 3. The van der Waals surface area contributed by atoms with Crippen LogP contribution in [0.4, 0.5) is 11.8 Å². The summed E-state index contributed by atoms with van der Waals surface area (Å²) in [5.74, 6) is -0.355. The molecule has 1 heterocycles. The van der Waals surface area contributed by atoms with Gasteiger partial charge in [-0.3, -0.25) is 25.4 Å². The van der Waals surface area contributed by atoms with Crippen LogP contribution in [0, 0.1) is 0 Å². The van der Waals surface area contributed by atoms with Gasteiger partial charge in [-0.05, 0) is 6.42 Å². The van der Waals surface area contributed by atoms with Crippen molar-refractivity contribution in [3.05, 3.63) is 10.4 Å². The molecule has 1 amide bonds. The molecule has 0 radical (unpaired) electrons. The number of amides is 1. The number of nitrogens with zero attached hydrogens (tertiary/aromatic N) is 2. The quantitative estimate of drug-likeness (QED) is 0.405. The van der Waals surface area contributed by atoms with E-state index in [1.807, 2.05) is 0 Å². The summed E-state index contributed by atoms with van der Waals surface area (Å²) in [6.07, 6.45) is 4.49. The van der Waals surface area contributed by atoms with Crippen molar-refractivity contribution in [3.63, 3.8) is 0 Å². The van der Waals surface area contributed by atoms with Crippen molar-refractivity contribution in [1.29, 1.82) is 0 Å². The molecule has 0 atom stereocenters. The molecule has 0 aliphatic rings. The first-order valence-corrected chi connectivity index (χ1v) is 5.90. The van der Waals surface area contributed by atoms with Gasteiger partial charge >= 0.3 is 0 Å². The molecule has 100 valence electrons. The van der Waals surface area contributed by atoms with Gasteiger partial charge in [0.2, 0.25) is 17.7 Å². The lowest BCUT2D eigenvalue weighted by molar-refractivity contribution is -0.120. The molecule has 8 nitrogen and oxygen atoms in total. The van der Waals surface area contributed by atoms with E-state index in [0.29, 0.717) is 6.42 Å². The fourth-order valence-corrected chi connectivity index (χ4v) is 1.34. The highest BCUT2D eigenvalue weighted by molar-refractivity contribution is 5.76. The van der Waals surface area contributed by atoms with Gasteiger partial charge in [-0.1, -0.05) is 26.2 Å². The molecule has 0 aliphatic heterocycles. The van der Waals surface area contributed by atoms with Crippen molar-refractivity contribution < 1.29 is 4.79 Å². The van der Waals surface area contributed by atoms with Crippen LogP contribution in [0.3, 0.4) is 0 Å². The highest BCUT2D eigenvalue weighted by Crippen LogP contribution is 2.01. The number of H-pyrrole nitrogens is 1. The fraction of sp³-hybridized carbons (Fsp3) is 0.600. The number of carbonyl (C=O) groups is 1. The number of nitrogens with two attached hydrogens (primary N) is 1. The highest BCUT2D eigenvalue weighted by atomic mass is 16.2. The molecule has 0 aliphatic carbocycles. The van der Waals surface area contributed by atoms with Gasteiger partial charge in [-0.25, -0.2) is 0 Å². The molecule has 0 fully saturated rings. The van der Waals surface area contributed by atoms with Crippen molar-refractivity contribution in [2.45, 2.75) is 39.0 Å². The van der Waals surface area contributed by atoms with E-state index in [1.165, 1.54) is 0 Å². The van der Waals surface area contributed by atoms with Crippen LogP contribution in [0.1, 0.15) is 39.0 Å². The van der Waals surface area contributed by atoms with E-state index in [9.17, 15) is 9.59 Å². The number of carbonyl (C=O) groups excluding carboxylic acids is 1. The van der Waals surface area contributed by atoms with Gasteiger partial charge in [0.1, 0.15) is 0 Å². The normalized spacial score (nSPS) is 10.1. The number of rotatable bonds is 7. The number of hydrazine groups is 1. The van der Waals surface area contributed by atoms with Gasteiger partial charge in [0.05, 0.1) is 0 Å². The third-order valence-electron chi connectivity index (χ3n) is 2.29. The van der Waals surface area contributed by atoms with Gasteiger partial charge in [-0.2, -0.15) is 0 Å². The molecule has 0 aromatic carbocycles. The Labute approximate surface area is 104 Å². The second-order valence-corrected chi connectivity index (χ2v) is 3.87. The molecule has 5 N–H and O–H groups in total. The Morgan fingerprint density at radius 1 is 1.33 bits per heavy atom. The first-order valence-electron chi connectivity index (χ1n) is 5.90. The molecule has 1 rings (SSSR count). The number of nitrogen functional groups attached to an aromatic ring is 1. The third kappa shape index (κ3) is 4.81. The van der Waals surface area contributed by atoms with Crippen LogP contribution in [-0.2, 0) is 4.79 Å². The van der Waals surface area contributed by atoms with E-state index in [4.69, 9.17) is 5.73 Å². The van der Waals surface area contributed by atoms with Crippen molar-refractivity contribution in [1.82, 2.24) is 20.6 Å². The Morgan fingerprint density at radius 2 is 2.11 bits per heavy atom. The lowest BCUT2D eigenvalue weighted by Crippen LogP contribution is -2.33. The summed E-state index contributed by atoms with van der Waals surface area (Å²) >= 11 is 0. The average Bonchev–Trinajstić information content (AvgIpc) is 2.33. The minimum atomic E-state index is -0.534. The summed E-state index contributed by atoms with van der Waals surface area (Å²) in [4.78, 5) is 25.0. The van der Waals surface area contributed by atoms with Crippen LogP contribution in [0.15, 0.2) is 4.79 Å². The number of aromatic nitrogens is 3. The molecule has 8 heteroatoms. The maximum Gasteiger partial charge on any atom is 0.297 e. The zero-order chi connectivity index (χ0) is 13.4. The first kappa shape index (κ1) is 13.9. The van der Waals surface area contributed by atoms with Crippen molar-refractivity contribution in [2.75, 3.05) is 11.2 Å². The minimum Gasteiger partial charge on any atom is -0.368 e. The molecule has 1 aromatic rings. The van der Waals surface area contributed by atoms with Crippen LogP contribution >= 0.6 is 0 Å². The molecule has 0 saturated carbocycles. The number of aromatic amines is 1. The second kappa shape index (κ2) is 7.25. The highest BCUT2D eigenvalue weighted by Gasteiger charge is 2.04. The van der Waals surface area contributed by atoms with Gasteiger partial charge < -0.3 is 5.73 Å². The Kier molecular flexibility index (Phi) is 5.62. The van der Waals surface area contributed by atoms with E-state index in [0.717, 1.165) is 25.7 Å². The zero-order valence-electron chi connectivity index (χ0n) is 10.3. The summed E-state index contributed by atoms with van der Waals surface area (Å²) < 4.78 is 0. The zero-order valence-corrected chi connectivity index (χ0v) is 10.3. The lowest BCUT2D eigenvalue weighted by Gasteiger charge is -2.06. The molecule has 0 spiro atoms. The standard InChI is InChI=1S/C10H18N6O2/c1-2-3-4-5-6-7(17)13-14-8-9(18)12-10(11)16-15-8/h2-6H2,1H3,(H,13,17)(H,14,15)(H3,11,12,16,18). The average molecular weight is 254 g/mol. The SMILES string of the molecule is CCCCCCC(=O)NNc1nnc(N)[nH]c1=O. The molecule has 0 saturated heterocycles. The number of hydrogen-bond acceptors (Lipinski definition) is 6. The van der Waals surface area contributed by atoms with Crippen LogP contribution in [0.25, 0.3) is 0 Å². The van der Waals surface area contributed by atoms with Crippen LogP contribution in [0.2, 0.25) is 0 Å². The maximum absolute atomic E-state index is 11.4. The fourth-order valence-electron chi connectivity index (χ4n) is 1.34. The molecule has 0 bridgehead atoms. The molecule has 1 aromatic heterocycles. The molecular formula is C10H18N6O2. The monoisotopic (exact) mass is 254 g/mol. The lowest BCUT2D eigenvalue weighted by atomic mass is 10.1. The molecule has 18 heavy (non-hydrogen) atoms. The van der Waals surface area contributed by atoms with E-state index >= 15 is 0 Å². The summed E-state index contributed by atoms with van der Waals surface area (Å²) in [5.41, 5.74) is 9.49. The van der Waals surface area contributed by atoms with E-state index in [2.05, 4.69) is 33.0 Å². The smallest absolute Gasteiger partial charge is 0.297 e. The molecular weight excluding hydrogens is 236 g/mol. The second-order valence-electron chi connectivity index (χ2n) is 3.87. The number of unbranched alkanes of at least 4 members (excludes halogenated alkanes) is 3. The number of hydrogen-bond donors (Lipinski definition) is 4. The van der Waals surface area contributed by atoms with Crippen LogP contribution < -0.4 is 22.1 Å². The Balaban J connectivity index is 2.31. The molecule has 0 unspecified atom stereocenters. The minimum absolute atomic E-state index is 0.0727. The number of anilines is 2. The summed E-state index contributed by atoms with van der Waals surface area (Å²) in [6.45, 7) is 2.10. The van der Waals surface area contributed by atoms with Crippen molar-refractivity contribution in [3.8, 4) is 0 Å². The van der Waals surface area contributed by atoms with Gasteiger partial charge in [0, 0.05) is 6.42 Å². The third-order valence-corrected chi connectivity index (χ3v) is 2.29. The van der Waals surface area contributed by atoms with Crippen LogP contribution in [-0.4, -0.2) is 21.1 Å². The largest absolute Gasteiger partial charge is 0.368 e. The Bertz CT molecular complexity index is 444. The predicted molar refractivity (Wildman–Crippen MR) is 67.6 cm³/mol. The van der Waals surface area contributed by atoms with Crippen LogP contribution in [0.5, 0.6) is 0 Å². The predicted octanol–water partition coefficient (Wildman–Crippen LogP) is 0.161. The topological polar surface area (TPSA) is 126 Å². The van der Waals surface area contributed by atoms with Crippen molar-refractivity contribution >= 4 is 17.7 Å². The van der Waals surface area contributed by atoms with Gasteiger partial charge in [-0.15, -0.1) is 10.2 Å². The maximum atomic E-state index is 11.4. The van der Waals surface area contributed by atoms with E-state index in [-0.39, 0.29) is 17.7 Å². The first-order chi connectivity index (χ1) is 8.63. The van der Waals surface area contributed by atoms with Crippen molar-refractivity contribution in [2.24, 2.45) is 0 Å².